The molecule has 1 atom stereocenters. The van der Waals surface area contributed by atoms with Gasteiger partial charge in [-0.2, -0.15) is 0 Å². The van der Waals surface area contributed by atoms with Crippen LogP contribution in [0.1, 0.15) is 12.8 Å². The third kappa shape index (κ3) is 5.54. The maximum atomic E-state index is 12.6. The summed E-state index contributed by atoms with van der Waals surface area (Å²) in [6, 6.07) is 23.3. The molecule has 0 spiro atoms. The van der Waals surface area contributed by atoms with Crippen molar-refractivity contribution < 1.29 is 14.3 Å². The van der Waals surface area contributed by atoms with Gasteiger partial charge in [-0.25, -0.2) is 4.79 Å². The summed E-state index contributed by atoms with van der Waals surface area (Å²) in [5, 5.41) is 8.13. The van der Waals surface area contributed by atoms with E-state index in [0.29, 0.717) is 26.2 Å². The summed E-state index contributed by atoms with van der Waals surface area (Å²) in [7, 11) is 0. The van der Waals surface area contributed by atoms with Crippen LogP contribution >= 0.6 is 0 Å². The average Bonchev–Trinajstić information content (AvgIpc) is 2.82. The highest BCUT2D eigenvalue weighted by Crippen LogP contribution is 2.21. The second kappa shape index (κ2) is 9.98. The first-order valence-electron chi connectivity index (χ1n) is 10.7. The van der Waals surface area contributed by atoms with Crippen LogP contribution in [-0.4, -0.2) is 43.1 Å². The molecule has 6 nitrogen and oxygen atoms in total. The number of nitrogens with one attached hydrogen (secondary N) is 2. The summed E-state index contributed by atoms with van der Waals surface area (Å²) in [5.41, 5.74) is 0.755. The largest absolute Gasteiger partial charge is 0.492 e. The van der Waals surface area contributed by atoms with E-state index >= 15 is 0 Å². The predicted octanol–water partition coefficient (Wildman–Crippen LogP) is 4.28. The predicted molar refractivity (Wildman–Crippen MR) is 122 cm³/mol. The van der Waals surface area contributed by atoms with Gasteiger partial charge in [0.1, 0.15) is 12.4 Å². The number of piperidine rings is 1. The summed E-state index contributed by atoms with van der Waals surface area (Å²) >= 11 is 0. The molecule has 0 radical (unpaired) electrons. The quantitative estimate of drug-likeness (QED) is 0.588. The zero-order chi connectivity index (χ0) is 21.5. The highest BCUT2D eigenvalue weighted by Gasteiger charge is 2.28. The Morgan fingerprint density at radius 3 is 2.58 bits per heavy atom. The Bertz CT molecular complexity index is 1040. The molecule has 1 heterocycles. The van der Waals surface area contributed by atoms with Crippen LogP contribution in [0.3, 0.4) is 0 Å². The molecular weight excluding hydrogens is 390 g/mol. The van der Waals surface area contributed by atoms with Crippen molar-refractivity contribution in [3.8, 4) is 5.75 Å². The first-order valence-corrected chi connectivity index (χ1v) is 10.7. The molecule has 1 unspecified atom stereocenters. The van der Waals surface area contributed by atoms with Gasteiger partial charge in [-0.15, -0.1) is 0 Å². The Morgan fingerprint density at radius 2 is 1.74 bits per heavy atom. The Morgan fingerprint density at radius 1 is 0.968 bits per heavy atom. The molecular formula is C25H27N3O3. The van der Waals surface area contributed by atoms with Gasteiger partial charge in [0.2, 0.25) is 5.91 Å². The molecule has 6 heteroatoms. The minimum atomic E-state index is -0.198. The van der Waals surface area contributed by atoms with Crippen molar-refractivity contribution in [2.24, 2.45) is 5.92 Å². The van der Waals surface area contributed by atoms with E-state index in [1.807, 2.05) is 66.7 Å². The fraction of sp³-hybridized carbons (Fsp3) is 0.280. The third-order valence-electron chi connectivity index (χ3n) is 5.50. The number of carbonyl (C=O) groups is 2. The fourth-order valence-electron chi connectivity index (χ4n) is 3.84. The number of likely N-dealkylation sites (tertiary alicyclic amines) is 1. The lowest BCUT2D eigenvalue weighted by Gasteiger charge is -2.32. The number of para-hydroxylation sites is 1. The van der Waals surface area contributed by atoms with E-state index in [9.17, 15) is 9.59 Å². The minimum Gasteiger partial charge on any atom is -0.492 e. The van der Waals surface area contributed by atoms with Crippen molar-refractivity contribution in [1.29, 1.82) is 0 Å². The van der Waals surface area contributed by atoms with E-state index in [1.54, 1.807) is 4.90 Å². The van der Waals surface area contributed by atoms with Crippen molar-refractivity contribution >= 4 is 28.4 Å². The SMILES string of the molecule is O=C(NCCOc1ccc2ccccc2c1)C1CCCN(C(=O)Nc2ccccc2)C1. The monoisotopic (exact) mass is 417 g/mol. The van der Waals surface area contributed by atoms with Gasteiger partial charge in [-0.05, 0) is 47.9 Å². The summed E-state index contributed by atoms with van der Waals surface area (Å²) in [6.07, 6.45) is 1.60. The third-order valence-corrected chi connectivity index (χ3v) is 5.50. The molecule has 0 aliphatic carbocycles. The Balaban J connectivity index is 1.22. The molecule has 1 aliphatic heterocycles. The van der Waals surface area contributed by atoms with Crippen molar-refractivity contribution in [3.05, 3.63) is 72.8 Å². The number of urea groups is 1. The molecule has 1 saturated heterocycles. The molecule has 31 heavy (non-hydrogen) atoms. The number of amides is 3. The van der Waals surface area contributed by atoms with Gasteiger partial charge in [-0.1, -0.05) is 48.5 Å². The van der Waals surface area contributed by atoms with E-state index in [1.165, 1.54) is 5.39 Å². The number of ether oxygens (including phenoxy) is 1. The van der Waals surface area contributed by atoms with E-state index in [2.05, 4.69) is 16.7 Å². The lowest BCUT2D eigenvalue weighted by Crippen LogP contribution is -2.47. The van der Waals surface area contributed by atoms with E-state index in [4.69, 9.17) is 4.74 Å². The molecule has 0 saturated carbocycles. The van der Waals surface area contributed by atoms with Gasteiger partial charge < -0.3 is 20.3 Å². The van der Waals surface area contributed by atoms with Gasteiger partial charge in [-0.3, -0.25) is 4.79 Å². The number of benzene rings is 3. The van der Waals surface area contributed by atoms with Crippen LogP contribution in [0.4, 0.5) is 10.5 Å². The van der Waals surface area contributed by atoms with E-state index in [-0.39, 0.29) is 17.9 Å². The van der Waals surface area contributed by atoms with Crippen LogP contribution < -0.4 is 15.4 Å². The summed E-state index contributed by atoms with van der Waals surface area (Å²) in [4.78, 5) is 26.8. The topological polar surface area (TPSA) is 70.7 Å². The van der Waals surface area contributed by atoms with Gasteiger partial charge in [0.15, 0.2) is 0 Å². The second-order valence-electron chi connectivity index (χ2n) is 7.73. The van der Waals surface area contributed by atoms with Crippen molar-refractivity contribution in [2.75, 3.05) is 31.6 Å². The Hall–Kier alpha value is -3.54. The number of carbonyl (C=O) groups excluding carboxylic acids is 2. The van der Waals surface area contributed by atoms with Crippen molar-refractivity contribution in [1.82, 2.24) is 10.2 Å². The first kappa shape index (κ1) is 20.7. The second-order valence-corrected chi connectivity index (χ2v) is 7.73. The number of hydrogen-bond donors (Lipinski definition) is 2. The van der Waals surface area contributed by atoms with E-state index in [0.717, 1.165) is 29.7 Å². The fourth-order valence-corrected chi connectivity index (χ4v) is 3.84. The van der Waals surface area contributed by atoms with Crippen LogP contribution in [0, 0.1) is 5.92 Å². The number of fused-ring (bicyclic) bond motifs is 1. The highest BCUT2D eigenvalue weighted by molar-refractivity contribution is 5.90. The Labute approximate surface area is 182 Å². The zero-order valence-corrected chi connectivity index (χ0v) is 17.4. The van der Waals surface area contributed by atoms with Gasteiger partial charge in [0.05, 0.1) is 12.5 Å². The summed E-state index contributed by atoms with van der Waals surface area (Å²) in [6.45, 7) is 1.91. The van der Waals surface area contributed by atoms with Crippen LogP contribution in [0.5, 0.6) is 5.75 Å². The summed E-state index contributed by atoms with van der Waals surface area (Å²) in [5.74, 6) is 0.560. The maximum Gasteiger partial charge on any atom is 0.321 e. The molecule has 1 aliphatic rings. The van der Waals surface area contributed by atoms with Crippen LogP contribution in [0.2, 0.25) is 0 Å². The van der Waals surface area contributed by atoms with Crippen molar-refractivity contribution in [2.45, 2.75) is 12.8 Å². The number of rotatable bonds is 6. The average molecular weight is 418 g/mol. The normalized spacial score (nSPS) is 16.0. The number of anilines is 1. The molecule has 3 aromatic carbocycles. The first-order chi connectivity index (χ1) is 15.2. The lowest BCUT2D eigenvalue weighted by molar-refractivity contribution is -0.126. The molecule has 160 valence electrons. The number of nitrogens with zero attached hydrogens (tertiary/aromatic N) is 1. The molecule has 4 rings (SSSR count). The van der Waals surface area contributed by atoms with Crippen LogP contribution in [0.25, 0.3) is 10.8 Å². The molecule has 1 fully saturated rings. The van der Waals surface area contributed by atoms with Crippen molar-refractivity contribution in [3.63, 3.8) is 0 Å². The lowest BCUT2D eigenvalue weighted by atomic mass is 9.97. The standard InChI is InChI=1S/C25H27N3O3/c29-24(26-14-16-31-23-13-12-19-7-4-5-8-20(19)17-23)21-9-6-15-28(18-21)25(30)27-22-10-2-1-3-11-22/h1-5,7-8,10-13,17,21H,6,9,14-16,18H2,(H,26,29)(H,27,30). The van der Waals surface area contributed by atoms with Crippen LogP contribution in [-0.2, 0) is 4.79 Å². The molecule has 0 aromatic heterocycles. The van der Waals surface area contributed by atoms with E-state index < -0.39 is 0 Å². The maximum absolute atomic E-state index is 12.6. The summed E-state index contributed by atoms with van der Waals surface area (Å²) < 4.78 is 5.79. The van der Waals surface area contributed by atoms with Gasteiger partial charge >= 0.3 is 6.03 Å². The van der Waals surface area contributed by atoms with Gasteiger partial charge in [0, 0.05) is 18.8 Å². The minimum absolute atomic E-state index is 0.0284. The Kier molecular flexibility index (Phi) is 6.67. The highest BCUT2D eigenvalue weighted by atomic mass is 16.5. The smallest absolute Gasteiger partial charge is 0.321 e. The zero-order valence-electron chi connectivity index (χ0n) is 17.4. The molecule has 3 aromatic rings. The molecule has 3 amide bonds. The van der Waals surface area contributed by atoms with Crippen LogP contribution in [0.15, 0.2) is 72.8 Å². The molecule has 0 bridgehead atoms. The molecule has 2 N–H and O–H groups in total. The van der Waals surface area contributed by atoms with Gasteiger partial charge in [0.25, 0.3) is 0 Å². The number of hydrogen-bond acceptors (Lipinski definition) is 3.